The molecule has 0 fully saturated rings. The number of fused-ring (bicyclic) bond motifs is 1. The van der Waals surface area contributed by atoms with E-state index in [4.69, 9.17) is 26.8 Å². The number of nitrogens with two attached hydrogens (primary N) is 1. The van der Waals surface area contributed by atoms with Crippen molar-refractivity contribution in [2.75, 3.05) is 24.4 Å². The van der Waals surface area contributed by atoms with Crippen LogP contribution in [0.4, 0.5) is 15.8 Å². The third-order valence-electron chi connectivity index (χ3n) is 5.02. The first kappa shape index (κ1) is 24.2. The van der Waals surface area contributed by atoms with Crippen molar-refractivity contribution in [2.24, 2.45) is 20.9 Å². The molecule has 0 saturated heterocycles. The molecule has 0 bridgehead atoms. The van der Waals surface area contributed by atoms with Gasteiger partial charge in [-0.05, 0) is 53.6 Å². The van der Waals surface area contributed by atoms with E-state index in [-0.39, 0.29) is 31.0 Å². The summed E-state index contributed by atoms with van der Waals surface area (Å²) in [7, 11) is 1.54. The van der Waals surface area contributed by atoms with Crippen molar-refractivity contribution in [3.05, 3.63) is 88.2 Å². The van der Waals surface area contributed by atoms with E-state index >= 15 is 0 Å². The highest BCUT2D eigenvalue weighted by Crippen LogP contribution is 2.33. The number of halogens is 2. The molecule has 10 heteroatoms. The van der Waals surface area contributed by atoms with Crippen molar-refractivity contribution in [3.8, 4) is 5.75 Å². The maximum Gasteiger partial charge on any atom is 0.148 e. The quantitative estimate of drug-likeness (QED) is 0.221. The molecule has 0 aliphatic carbocycles. The maximum absolute atomic E-state index is 13.4. The number of nitrogens with one attached hydrogen (secondary N) is 2. The van der Waals surface area contributed by atoms with Crippen LogP contribution in [0.15, 0.2) is 75.9 Å². The normalized spacial score (nSPS) is 15.1. The van der Waals surface area contributed by atoms with Crippen molar-refractivity contribution in [1.82, 2.24) is 0 Å². The number of benzene rings is 3. The Labute approximate surface area is 207 Å². The lowest BCUT2D eigenvalue weighted by Crippen LogP contribution is -2.17. The van der Waals surface area contributed by atoms with E-state index in [1.54, 1.807) is 36.8 Å². The van der Waals surface area contributed by atoms with E-state index in [1.807, 2.05) is 24.3 Å². The minimum Gasteiger partial charge on any atom is -0.487 e. The average Bonchev–Trinajstić information content (AvgIpc) is 2.84. The number of aliphatic imine (C=N–C) groups is 1. The molecule has 1 aliphatic heterocycles. The van der Waals surface area contributed by atoms with E-state index in [0.717, 1.165) is 28.1 Å². The van der Waals surface area contributed by atoms with Gasteiger partial charge in [-0.15, -0.1) is 5.10 Å². The Kier molecular flexibility index (Phi) is 7.92. The molecule has 1 heterocycles. The summed E-state index contributed by atoms with van der Waals surface area (Å²) in [6, 6.07) is 17.4. The fourth-order valence-electron chi connectivity index (χ4n) is 3.40. The maximum atomic E-state index is 13.4. The number of hydrogen-bond acceptors (Lipinski definition) is 7. The van der Waals surface area contributed by atoms with Crippen LogP contribution in [-0.2, 0) is 11.3 Å². The molecule has 4 N–H and O–H groups in total. The Bertz CT molecular complexity index is 1280. The van der Waals surface area contributed by atoms with Gasteiger partial charge in [0.15, 0.2) is 0 Å². The predicted octanol–water partition coefficient (Wildman–Crippen LogP) is 4.96. The van der Waals surface area contributed by atoms with E-state index in [1.165, 1.54) is 19.2 Å². The SMILES string of the molecule is COCC(N)=N/N=C/c1ccc2c(c1)C(Nc1ccc(OCc3cccc(F)c3)c(Cl)c1)N=CN2. The highest BCUT2D eigenvalue weighted by molar-refractivity contribution is 6.32. The zero-order chi connectivity index (χ0) is 24.6. The second-order valence-electron chi connectivity index (χ2n) is 7.65. The van der Waals surface area contributed by atoms with Gasteiger partial charge in [0.2, 0.25) is 0 Å². The molecule has 0 aromatic heterocycles. The van der Waals surface area contributed by atoms with E-state index in [2.05, 4.69) is 25.8 Å². The molecule has 0 saturated carbocycles. The van der Waals surface area contributed by atoms with Gasteiger partial charge in [-0.3, -0.25) is 0 Å². The highest BCUT2D eigenvalue weighted by Gasteiger charge is 2.18. The Hall–Kier alpha value is -3.95. The Morgan fingerprint density at radius 1 is 1.23 bits per heavy atom. The minimum atomic E-state index is -0.350. The van der Waals surface area contributed by atoms with Crippen molar-refractivity contribution in [2.45, 2.75) is 12.8 Å². The molecule has 1 atom stereocenters. The lowest BCUT2D eigenvalue weighted by molar-refractivity contribution is 0.244. The van der Waals surface area contributed by atoms with Gasteiger partial charge in [0.05, 0.1) is 17.6 Å². The van der Waals surface area contributed by atoms with Gasteiger partial charge >= 0.3 is 0 Å². The molecule has 0 radical (unpaired) electrons. The van der Waals surface area contributed by atoms with Crippen LogP contribution in [0.25, 0.3) is 0 Å². The predicted molar refractivity (Wildman–Crippen MR) is 138 cm³/mol. The number of amidine groups is 1. The van der Waals surface area contributed by atoms with Crippen LogP contribution in [0.5, 0.6) is 5.75 Å². The molecule has 3 aromatic rings. The Balaban J connectivity index is 1.45. The van der Waals surface area contributed by atoms with Crippen LogP contribution >= 0.6 is 11.6 Å². The van der Waals surface area contributed by atoms with Crippen molar-refractivity contribution in [3.63, 3.8) is 0 Å². The van der Waals surface area contributed by atoms with Crippen molar-refractivity contribution < 1.29 is 13.9 Å². The number of methoxy groups -OCH3 is 1. The number of ether oxygens (including phenoxy) is 2. The summed E-state index contributed by atoms with van der Waals surface area (Å²) in [6.45, 7) is 0.422. The smallest absolute Gasteiger partial charge is 0.148 e. The van der Waals surface area contributed by atoms with Gasteiger partial charge in [-0.2, -0.15) is 5.10 Å². The summed E-state index contributed by atoms with van der Waals surface area (Å²) in [5.41, 5.74) is 9.84. The van der Waals surface area contributed by atoms with Crippen LogP contribution in [0.2, 0.25) is 5.02 Å². The second-order valence-corrected chi connectivity index (χ2v) is 8.06. The van der Waals surface area contributed by atoms with Crippen molar-refractivity contribution in [1.29, 1.82) is 0 Å². The third-order valence-corrected chi connectivity index (χ3v) is 5.31. The van der Waals surface area contributed by atoms with Crippen molar-refractivity contribution >= 4 is 41.4 Å². The topological polar surface area (TPSA) is 106 Å². The summed E-state index contributed by atoms with van der Waals surface area (Å²) < 4.78 is 24.0. The third kappa shape index (κ3) is 6.56. The average molecular weight is 495 g/mol. The minimum absolute atomic E-state index is 0.210. The lowest BCUT2D eigenvalue weighted by atomic mass is 10.1. The van der Waals surface area contributed by atoms with Gasteiger partial charge in [0, 0.05) is 24.0 Å². The number of anilines is 2. The van der Waals surface area contributed by atoms with Gasteiger partial charge in [-0.1, -0.05) is 29.8 Å². The summed E-state index contributed by atoms with van der Waals surface area (Å²) >= 11 is 6.44. The monoisotopic (exact) mass is 494 g/mol. The van der Waals surface area contributed by atoms with Gasteiger partial charge in [-0.25, -0.2) is 9.38 Å². The molecule has 4 rings (SSSR count). The summed E-state index contributed by atoms with van der Waals surface area (Å²) in [6.07, 6.45) is 2.90. The first-order valence-corrected chi connectivity index (χ1v) is 11.1. The molecule has 8 nitrogen and oxygen atoms in total. The lowest BCUT2D eigenvalue weighted by Gasteiger charge is -2.23. The molecular formula is C25H24ClFN6O2. The molecule has 0 spiro atoms. The Morgan fingerprint density at radius 3 is 2.91 bits per heavy atom. The number of rotatable bonds is 9. The van der Waals surface area contributed by atoms with Crippen LogP contribution in [0.3, 0.4) is 0 Å². The fraction of sp³-hybridized carbons (Fsp3) is 0.160. The zero-order valence-electron chi connectivity index (χ0n) is 18.9. The fourth-order valence-corrected chi connectivity index (χ4v) is 3.63. The van der Waals surface area contributed by atoms with Crippen LogP contribution in [-0.4, -0.2) is 32.1 Å². The van der Waals surface area contributed by atoms with Gasteiger partial charge in [0.1, 0.15) is 36.8 Å². The molecule has 180 valence electrons. The first-order valence-electron chi connectivity index (χ1n) is 10.7. The molecule has 3 aromatic carbocycles. The molecular weight excluding hydrogens is 471 g/mol. The standard InChI is InChI=1S/C25H24ClFN6O2/c1-34-14-24(28)33-31-12-16-5-7-22-20(10-16)25(30-15-29-22)32-19-6-8-23(21(26)11-19)35-13-17-3-2-4-18(27)9-17/h2-12,15,25,32H,13-14H2,1H3,(H2,28,33)(H,29,30)/b31-12+. The second kappa shape index (κ2) is 11.5. The van der Waals surface area contributed by atoms with E-state index in [0.29, 0.717) is 10.8 Å². The first-order chi connectivity index (χ1) is 17.0. The van der Waals surface area contributed by atoms with E-state index < -0.39 is 0 Å². The molecule has 1 unspecified atom stereocenters. The molecule has 35 heavy (non-hydrogen) atoms. The Morgan fingerprint density at radius 2 is 2.11 bits per heavy atom. The van der Waals surface area contributed by atoms with E-state index in [9.17, 15) is 4.39 Å². The number of nitrogens with zero attached hydrogens (tertiary/aromatic N) is 3. The molecule has 1 aliphatic rings. The highest BCUT2D eigenvalue weighted by atomic mass is 35.5. The van der Waals surface area contributed by atoms with Crippen LogP contribution in [0, 0.1) is 5.82 Å². The molecule has 0 amide bonds. The van der Waals surface area contributed by atoms with Gasteiger partial charge in [0.25, 0.3) is 0 Å². The summed E-state index contributed by atoms with van der Waals surface area (Å²) in [4.78, 5) is 4.51. The number of hydrogen-bond donors (Lipinski definition) is 3. The van der Waals surface area contributed by atoms with Gasteiger partial charge < -0.3 is 25.8 Å². The van der Waals surface area contributed by atoms with Crippen LogP contribution < -0.4 is 21.1 Å². The van der Waals surface area contributed by atoms with Crippen LogP contribution in [0.1, 0.15) is 22.9 Å². The zero-order valence-corrected chi connectivity index (χ0v) is 19.7. The largest absolute Gasteiger partial charge is 0.487 e. The summed E-state index contributed by atoms with van der Waals surface area (Å²) in [5.74, 6) is 0.479. The summed E-state index contributed by atoms with van der Waals surface area (Å²) in [5, 5.41) is 14.8.